The summed E-state index contributed by atoms with van der Waals surface area (Å²) in [6.45, 7) is 5.98. The summed E-state index contributed by atoms with van der Waals surface area (Å²) < 4.78 is 7.71. The maximum atomic E-state index is 5.83. The second kappa shape index (κ2) is 5.51. The molecule has 5 heteroatoms. The van der Waals surface area contributed by atoms with E-state index in [2.05, 4.69) is 36.8 Å². The molecule has 0 bridgehead atoms. The molecule has 0 unspecified atom stereocenters. The number of anilines is 1. The number of rotatable bonds is 2. The minimum Gasteiger partial charge on any atom is -0.438 e. The first kappa shape index (κ1) is 14.3. The maximum absolute atomic E-state index is 5.83. The van der Waals surface area contributed by atoms with Crippen LogP contribution in [-0.4, -0.2) is 4.98 Å². The predicted octanol–water partition coefficient (Wildman–Crippen LogP) is 4.91. The summed E-state index contributed by atoms with van der Waals surface area (Å²) in [5.74, 6) is 1.28. The highest BCUT2D eigenvalue weighted by atomic mass is 79.9. The first-order chi connectivity index (χ1) is 8.90. The summed E-state index contributed by atoms with van der Waals surface area (Å²) in [6.07, 6.45) is 1.61. The largest absolute Gasteiger partial charge is 0.438 e. The van der Waals surface area contributed by atoms with Crippen LogP contribution in [-0.2, 0) is 0 Å². The van der Waals surface area contributed by atoms with Gasteiger partial charge >= 0.3 is 0 Å². The molecule has 1 aromatic carbocycles. The van der Waals surface area contributed by atoms with Crippen LogP contribution in [0.1, 0.15) is 16.7 Å². The molecule has 0 spiro atoms. The maximum Gasteiger partial charge on any atom is 0.233 e. The second-order valence-corrected chi connectivity index (χ2v) is 6.02. The summed E-state index contributed by atoms with van der Waals surface area (Å²) >= 11 is 7.00. The molecule has 0 saturated heterocycles. The summed E-state index contributed by atoms with van der Waals surface area (Å²) in [7, 11) is 0. The number of hydrogen-bond donors (Lipinski definition) is 1. The minimum atomic E-state index is 0.521. The highest BCUT2D eigenvalue weighted by Gasteiger charge is 2.11. The zero-order valence-corrected chi connectivity index (χ0v) is 14.1. The van der Waals surface area contributed by atoms with Gasteiger partial charge in [0.2, 0.25) is 5.88 Å². The Morgan fingerprint density at radius 3 is 2.21 bits per heavy atom. The first-order valence-corrected chi connectivity index (χ1v) is 7.34. The molecule has 0 amide bonds. The number of pyridine rings is 1. The molecule has 2 rings (SSSR count). The molecule has 0 atom stereocenters. The smallest absolute Gasteiger partial charge is 0.233 e. The van der Waals surface area contributed by atoms with Gasteiger partial charge in [-0.3, -0.25) is 0 Å². The van der Waals surface area contributed by atoms with Crippen LogP contribution in [0.4, 0.5) is 5.69 Å². The average Bonchev–Trinajstić information content (AvgIpc) is 2.36. The van der Waals surface area contributed by atoms with Gasteiger partial charge in [-0.05, 0) is 65.5 Å². The Bertz CT molecular complexity index is 619. The molecular formula is C14H14Br2N2O. The zero-order chi connectivity index (χ0) is 14.2. The van der Waals surface area contributed by atoms with Crippen molar-refractivity contribution in [3.63, 3.8) is 0 Å². The number of hydrogen-bond acceptors (Lipinski definition) is 3. The van der Waals surface area contributed by atoms with Gasteiger partial charge in [-0.2, -0.15) is 0 Å². The molecule has 100 valence electrons. The van der Waals surface area contributed by atoms with Gasteiger partial charge in [0.15, 0.2) is 0 Å². The summed E-state index contributed by atoms with van der Waals surface area (Å²) in [4.78, 5) is 4.21. The first-order valence-electron chi connectivity index (χ1n) is 5.75. The van der Waals surface area contributed by atoms with Gasteiger partial charge in [-0.25, -0.2) is 4.98 Å². The van der Waals surface area contributed by atoms with Gasteiger partial charge in [0.05, 0.1) is 16.4 Å². The standard InChI is InChI=1S/C14H14Br2N2O/c1-7-4-10(5-8(2)12(7)15)19-14-13(16)9(3)11(17)6-18-14/h4-6H,17H2,1-3H3. The fourth-order valence-corrected chi connectivity index (χ4v) is 2.36. The Morgan fingerprint density at radius 1 is 1.05 bits per heavy atom. The lowest BCUT2D eigenvalue weighted by Gasteiger charge is -2.12. The van der Waals surface area contributed by atoms with E-state index in [1.165, 1.54) is 0 Å². The highest BCUT2D eigenvalue weighted by Crippen LogP contribution is 2.34. The van der Waals surface area contributed by atoms with Crippen LogP contribution >= 0.6 is 31.9 Å². The van der Waals surface area contributed by atoms with E-state index in [1.807, 2.05) is 32.9 Å². The molecule has 0 saturated carbocycles. The summed E-state index contributed by atoms with van der Waals surface area (Å²) in [6, 6.07) is 3.94. The van der Waals surface area contributed by atoms with E-state index in [9.17, 15) is 0 Å². The van der Waals surface area contributed by atoms with E-state index in [-0.39, 0.29) is 0 Å². The monoisotopic (exact) mass is 384 g/mol. The number of benzene rings is 1. The third-order valence-corrected chi connectivity index (χ3v) is 5.08. The number of halogens is 2. The number of ether oxygens (including phenoxy) is 1. The molecule has 1 aromatic heterocycles. The Hall–Kier alpha value is -1.07. The fraction of sp³-hybridized carbons (Fsp3) is 0.214. The van der Waals surface area contributed by atoms with Crippen molar-refractivity contribution in [3.05, 3.63) is 44.0 Å². The molecule has 0 fully saturated rings. The lowest BCUT2D eigenvalue weighted by atomic mass is 10.1. The molecule has 2 N–H and O–H groups in total. The normalized spacial score (nSPS) is 10.6. The van der Waals surface area contributed by atoms with E-state index >= 15 is 0 Å². The number of aromatic nitrogens is 1. The minimum absolute atomic E-state index is 0.521. The molecule has 0 aliphatic carbocycles. The molecule has 0 aliphatic heterocycles. The van der Waals surface area contributed by atoms with E-state index in [0.29, 0.717) is 11.6 Å². The quantitative estimate of drug-likeness (QED) is 0.799. The van der Waals surface area contributed by atoms with Gasteiger partial charge < -0.3 is 10.5 Å². The summed E-state index contributed by atoms with van der Waals surface area (Å²) in [5, 5.41) is 0. The van der Waals surface area contributed by atoms with Gasteiger partial charge in [0, 0.05) is 4.47 Å². The lowest BCUT2D eigenvalue weighted by Crippen LogP contribution is -1.97. The van der Waals surface area contributed by atoms with Crippen molar-refractivity contribution in [2.75, 3.05) is 5.73 Å². The third-order valence-electron chi connectivity index (χ3n) is 2.90. The fourth-order valence-electron chi connectivity index (χ4n) is 1.72. The SMILES string of the molecule is Cc1cc(Oc2ncc(N)c(C)c2Br)cc(C)c1Br. The van der Waals surface area contributed by atoms with Crippen LogP contribution < -0.4 is 10.5 Å². The van der Waals surface area contributed by atoms with Crippen molar-refractivity contribution in [3.8, 4) is 11.6 Å². The van der Waals surface area contributed by atoms with Gasteiger partial charge in [-0.1, -0.05) is 15.9 Å². The number of nitrogens with two attached hydrogens (primary N) is 1. The second-order valence-electron chi connectivity index (χ2n) is 4.43. The van der Waals surface area contributed by atoms with Crippen LogP contribution in [0, 0.1) is 20.8 Å². The molecule has 19 heavy (non-hydrogen) atoms. The molecule has 2 aromatic rings. The predicted molar refractivity (Wildman–Crippen MR) is 84.8 cm³/mol. The van der Waals surface area contributed by atoms with E-state index in [0.717, 1.165) is 31.4 Å². The van der Waals surface area contributed by atoms with E-state index < -0.39 is 0 Å². The van der Waals surface area contributed by atoms with Crippen LogP contribution in [0.25, 0.3) is 0 Å². The number of nitrogens with zero attached hydrogens (tertiary/aromatic N) is 1. The van der Waals surface area contributed by atoms with Crippen molar-refractivity contribution in [2.24, 2.45) is 0 Å². The topological polar surface area (TPSA) is 48.1 Å². The van der Waals surface area contributed by atoms with Crippen LogP contribution in [0.3, 0.4) is 0 Å². The van der Waals surface area contributed by atoms with Crippen molar-refractivity contribution in [1.82, 2.24) is 4.98 Å². The van der Waals surface area contributed by atoms with E-state index in [1.54, 1.807) is 6.20 Å². The lowest BCUT2D eigenvalue weighted by molar-refractivity contribution is 0.458. The van der Waals surface area contributed by atoms with Crippen molar-refractivity contribution >= 4 is 37.5 Å². The van der Waals surface area contributed by atoms with Crippen LogP contribution in [0.15, 0.2) is 27.3 Å². The molecular weight excluding hydrogens is 372 g/mol. The van der Waals surface area contributed by atoms with Gasteiger partial charge in [0.1, 0.15) is 5.75 Å². The third kappa shape index (κ3) is 2.92. The highest BCUT2D eigenvalue weighted by molar-refractivity contribution is 9.11. The van der Waals surface area contributed by atoms with Crippen molar-refractivity contribution in [2.45, 2.75) is 20.8 Å². The van der Waals surface area contributed by atoms with Gasteiger partial charge in [0.25, 0.3) is 0 Å². The molecule has 1 heterocycles. The van der Waals surface area contributed by atoms with E-state index in [4.69, 9.17) is 10.5 Å². The molecule has 0 aliphatic rings. The Morgan fingerprint density at radius 2 is 1.63 bits per heavy atom. The Labute approximate surface area is 129 Å². The number of nitrogen functional groups attached to an aromatic ring is 1. The zero-order valence-electron chi connectivity index (χ0n) is 10.9. The Kier molecular flexibility index (Phi) is 4.16. The number of aryl methyl sites for hydroxylation is 2. The summed E-state index contributed by atoms with van der Waals surface area (Å²) in [5.41, 5.74) is 9.61. The molecule has 0 radical (unpaired) electrons. The Balaban J connectivity index is 2.39. The van der Waals surface area contributed by atoms with Crippen molar-refractivity contribution < 1.29 is 4.74 Å². The van der Waals surface area contributed by atoms with Gasteiger partial charge in [-0.15, -0.1) is 0 Å². The van der Waals surface area contributed by atoms with Crippen LogP contribution in [0.2, 0.25) is 0 Å². The molecule has 3 nitrogen and oxygen atoms in total. The van der Waals surface area contributed by atoms with Crippen molar-refractivity contribution in [1.29, 1.82) is 0 Å². The van der Waals surface area contributed by atoms with Crippen LogP contribution in [0.5, 0.6) is 11.6 Å². The average molecular weight is 386 g/mol.